The first-order valence-corrected chi connectivity index (χ1v) is 9.68. The van der Waals surface area contributed by atoms with E-state index >= 15 is 0 Å². The number of hydrogen-bond acceptors (Lipinski definition) is 4. The third kappa shape index (κ3) is 3.47. The van der Waals surface area contributed by atoms with E-state index in [-0.39, 0.29) is 17.1 Å². The number of nitrogens with zero attached hydrogens (tertiary/aromatic N) is 1. The third-order valence-electron chi connectivity index (χ3n) is 3.71. The van der Waals surface area contributed by atoms with E-state index in [1.54, 1.807) is 0 Å². The Hall–Kier alpha value is -1.85. The molecule has 0 saturated heterocycles. The molecule has 1 aliphatic rings. The van der Waals surface area contributed by atoms with E-state index in [4.69, 9.17) is 0 Å². The number of rotatable bonds is 6. The number of amides is 2. The largest absolute Gasteiger partial charge is 0.273 e. The van der Waals surface area contributed by atoms with Gasteiger partial charge < -0.3 is 0 Å². The molecule has 1 aliphatic heterocycles. The Morgan fingerprint density at radius 3 is 2.42 bits per heavy atom. The molecular formula is C19H19NO2S2. The van der Waals surface area contributed by atoms with Gasteiger partial charge in [-0.25, -0.2) is 0 Å². The van der Waals surface area contributed by atoms with Crippen LogP contribution >= 0.6 is 23.1 Å². The van der Waals surface area contributed by atoms with Crippen molar-refractivity contribution in [3.63, 3.8) is 0 Å². The molecule has 3 rings (SSSR count). The van der Waals surface area contributed by atoms with Crippen molar-refractivity contribution in [3.05, 3.63) is 63.2 Å². The van der Waals surface area contributed by atoms with Crippen molar-refractivity contribution in [2.75, 3.05) is 6.54 Å². The van der Waals surface area contributed by atoms with Gasteiger partial charge in [-0.1, -0.05) is 50.2 Å². The summed E-state index contributed by atoms with van der Waals surface area (Å²) in [5.41, 5.74) is 1.70. The van der Waals surface area contributed by atoms with Crippen LogP contribution in [0.5, 0.6) is 0 Å². The zero-order chi connectivity index (χ0) is 17.1. The van der Waals surface area contributed by atoms with E-state index in [0.717, 1.165) is 10.4 Å². The van der Waals surface area contributed by atoms with Crippen LogP contribution in [0.3, 0.4) is 0 Å². The Morgan fingerprint density at radius 1 is 1.04 bits per heavy atom. The van der Waals surface area contributed by atoms with Crippen molar-refractivity contribution in [1.29, 1.82) is 0 Å². The molecule has 0 unspecified atom stereocenters. The maximum Gasteiger partial charge on any atom is 0.268 e. The van der Waals surface area contributed by atoms with Crippen molar-refractivity contribution in [2.24, 2.45) is 0 Å². The van der Waals surface area contributed by atoms with Gasteiger partial charge in [-0.15, -0.1) is 23.1 Å². The average Bonchev–Trinajstić information content (AvgIpc) is 3.15. The maximum atomic E-state index is 12.9. The molecule has 0 atom stereocenters. The van der Waals surface area contributed by atoms with E-state index in [1.165, 1.54) is 28.0 Å². The van der Waals surface area contributed by atoms with E-state index in [9.17, 15) is 9.59 Å². The summed E-state index contributed by atoms with van der Waals surface area (Å²) in [5, 5.41) is 2.19. The van der Waals surface area contributed by atoms with Gasteiger partial charge in [-0.3, -0.25) is 14.5 Å². The highest BCUT2D eigenvalue weighted by Crippen LogP contribution is 2.39. The predicted octanol–water partition coefficient (Wildman–Crippen LogP) is 4.21. The lowest BCUT2D eigenvalue weighted by Crippen LogP contribution is -2.33. The summed E-state index contributed by atoms with van der Waals surface area (Å²) in [5.74, 6) is -0.320. The second-order valence-electron chi connectivity index (χ2n) is 5.85. The number of carbonyl (C=O) groups excluding carboxylic acids is 2. The molecule has 0 N–H and O–H groups in total. The highest BCUT2D eigenvalue weighted by atomic mass is 32.2. The maximum absolute atomic E-state index is 12.9. The molecule has 0 fully saturated rings. The molecule has 124 valence electrons. The Kier molecular flexibility index (Phi) is 5.21. The van der Waals surface area contributed by atoms with E-state index < -0.39 is 0 Å². The Morgan fingerprint density at radius 2 is 1.79 bits per heavy atom. The molecule has 0 aliphatic carbocycles. The minimum Gasteiger partial charge on any atom is -0.273 e. The van der Waals surface area contributed by atoms with Gasteiger partial charge >= 0.3 is 0 Å². The molecule has 2 amide bonds. The minimum absolute atomic E-state index is 0.155. The summed E-state index contributed by atoms with van der Waals surface area (Å²) in [6.45, 7) is 4.49. The van der Waals surface area contributed by atoms with Gasteiger partial charge in [-0.05, 0) is 23.4 Å². The van der Waals surface area contributed by atoms with Gasteiger partial charge in [0.1, 0.15) is 0 Å². The average molecular weight is 358 g/mol. The normalized spacial score (nSPS) is 15.0. The second kappa shape index (κ2) is 7.36. The number of thioether (sulfide) groups is 1. The van der Waals surface area contributed by atoms with Crippen LogP contribution in [0.25, 0.3) is 5.57 Å². The number of hydrogen-bond donors (Lipinski definition) is 0. The Labute approximate surface area is 150 Å². The van der Waals surface area contributed by atoms with Crippen LogP contribution in [0.2, 0.25) is 0 Å². The third-order valence-corrected chi connectivity index (χ3v) is 5.69. The first-order valence-electron chi connectivity index (χ1n) is 7.93. The standard InChI is InChI=1S/C19H19NO2S2/c1-13(2)24-17-16(15-9-6-12-23-15)18(21)20(19(17)22)11-10-14-7-4-3-5-8-14/h3-9,12-13H,10-11H2,1-2H3. The molecule has 3 nitrogen and oxygen atoms in total. The summed E-state index contributed by atoms with van der Waals surface area (Å²) in [6, 6.07) is 13.8. The number of thiophene rings is 1. The lowest BCUT2D eigenvalue weighted by molar-refractivity contribution is -0.136. The van der Waals surface area contributed by atoms with Crippen LogP contribution in [0.15, 0.2) is 52.7 Å². The highest BCUT2D eigenvalue weighted by molar-refractivity contribution is 8.04. The van der Waals surface area contributed by atoms with Crippen LogP contribution in [-0.4, -0.2) is 28.5 Å². The number of carbonyl (C=O) groups is 2. The predicted molar refractivity (Wildman–Crippen MR) is 101 cm³/mol. The molecule has 0 saturated carbocycles. The van der Waals surface area contributed by atoms with Gasteiger partial charge in [0, 0.05) is 16.7 Å². The van der Waals surface area contributed by atoms with Crippen LogP contribution in [0.4, 0.5) is 0 Å². The fourth-order valence-corrected chi connectivity index (χ4v) is 4.46. The fraction of sp³-hybridized carbons (Fsp3) is 0.263. The fourth-order valence-electron chi connectivity index (χ4n) is 2.63. The van der Waals surface area contributed by atoms with Crippen molar-refractivity contribution in [2.45, 2.75) is 25.5 Å². The lowest BCUT2D eigenvalue weighted by atomic mass is 10.1. The first-order chi connectivity index (χ1) is 11.6. The molecule has 5 heteroatoms. The molecule has 2 heterocycles. The quantitative estimate of drug-likeness (QED) is 0.727. The summed E-state index contributed by atoms with van der Waals surface area (Å²) >= 11 is 2.98. The summed E-state index contributed by atoms with van der Waals surface area (Å²) < 4.78 is 0. The smallest absolute Gasteiger partial charge is 0.268 e. The Bertz CT molecular complexity index is 764. The summed E-state index contributed by atoms with van der Waals surface area (Å²) in [7, 11) is 0. The molecule has 0 spiro atoms. The summed E-state index contributed by atoms with van der Waals surface area (Å²) in [6.07, 6.45) is 0.676. The first kappa shape index (κ1) is 17.0. The molecule has 0 radical (unpaired) electrons. The van der Waals surface area contributed by atoms with Gasteiger partial charge in [0.25, 0.3) is 11.8 Å². The van der Waals surface area contributed by atoms with E-state index in [0.29, 0.717) is 23.4 Å². The monoisotopic (exact) mass is 357 g/mol. The van der Waals surface area contributed by atoms with Crippen LogP contribution in [0.1, 0.15) is 24.3 Å². The Balaban J connectivity index is 1.84. The minimum atomic E-state index is -0.165. The van der Waals surface area contributed by atoms with Crippen LogP contribution in [0, 0.1) is 0 Å². The molecule has 0 bridgehead atoms. The second-order valence-corrected chi connectivity index (χ2v) is 8.38. The van der Waals surface area contributed by atoms with Gasteiger partial charge in [-0.2, -0.15) is 0 Å². The topological polar surface area (TPSA) is 37.4 Å². The van der Waals surface area contributed by atoms with Crippen molar-refractivity contribution < 1.29 is 9.59 Å². The zero-order valence-corrected chi connectivity index (χ0v) is 15.3. The SMILES string of the molecule is CC(C)SC1=C(c2cccs2)C(=O)N(CCc2ccccc2)C1=O. The van der Waals surface area contributed by atoms with E-state index in [1.807, 2.05) is 61.7 Å². The van der Waals surface area contributed by atoms with Crippen LogP contribution in [-0.2, 0) is 16.0 Å². The van der Waals surface area contributed by atoms with Gasteiger partial charge in [0.15, 0.2) is 0 Å². The molecule has 1 aromatic carbocycles. The highest BCUT2D eigenvalue weighted by Gasteiger charge is 2.39. The van der Waals surface area contributed by atoms with Crippen molar-refractivity contribution in [1.82, 2.24) is 4.90 Å². The van der Waals surface area contributed by atoms with E-state index in [2.05, 4.69) is 0 Å². The van der Waals surface area contributed by atoms with Gasteiger partial charge in [0.2, 0.25) is 0 Å². The number of benzene rings is 1. The molecular weight excluding hydrogens is 338 g/mol. The van der Waals surface area contributed by atoms with Crippen molar-refractivity contribution >= 4 is 40.5 Å². The summed E-state index contributed by atoms with van der Waals surface area (Å²) in [4.78, 5) is 28.5. The van der Waals surface area contributed by atoms with Crippen molar-refractivity contribution in [3.8, 4) is 0 Å². The van der Waals surface area contributed by atoms with Crippen LogP contribution < -0.4 is 0 Å². The lowest BCUT2D eigenvalue weighted by Gasteiger charge is -2.15. The molecule has 24 heavy (non-hydrogen) atoms. The zero-order valence-electron chi connectivity index (χ0n) is 13.7. The number of imide groups is 1. The van der Waals surface area contributed by atoms with Gasteiger partial charge in [0.05, 0.1) is 10.5 Å². The molecule has 1 aromatic heterocycles. The molecule has 2 aromatic rings.